The van der Waals surface area contributed by atoms with Gasteiger partial charge in [-0.1, -0.05) is 6.58 Å². The Morgan fingerprint density at radius 2 is 1.58 bits per heavy atom. The first-order valence-corrected chi connectivity index (χ1v) is 6.87. The lowest BCUT2D eigenvalue weighted by molar-refractivity contribution is -0.140. The molecule has 0 amide bonds. The van der Waals surface area contributed by atoms with E-state index in [-0.39, 0.29) is 39.2 Å². The summed E-state index contributed by atoms with van der Waals surface area (Å²) in [7, 11) is -3.97. The standard InChI is InChI=1S/C10H18O7S.H3N/c1-9(2)10(11)17-6-5-15-3-4-16-7-8-18(12,13)14;/h1,3-8H2,2H3,(H,12,13,14);1H3. The Morgan fingerprint density at radius 1 is 1.11 bits per heavy atom. The Bertz CT molecular complexity index is 366. The number of esters is 1. The highest BCUT2D eigenvalue weighted by molar-refractivity contribution is 7.85. The van der Waals surface area contributed by atoms with Crippen LogP contribution >= 0.6 is 0 Å². The van der Waals surface area contributed by atoms with Crippen molar-refractivity contribution in [2.24, 2.45) is 0 Å². The molecule has 0 atom stereocenters. The van der Waals surface area contributed by atoms with Gasteiger partial charge in [-0.3, -0.25) is 4.55 Å². The first-order chi connectivity index (χ1) is 8.33. The quantitative estimate of drug-likeness (QED) is 0.252. The predicted octanol–water partition coefficient (Wildman–Crippen LogP) is 0.189. The van der Waals surface area contributed by atoms with E-state index in [1.165, 1.54) is 0 Å². The van der Waals surface area contributed by atoms with Crippen molar-refractivity contribution in [2.45, 2.75) is 6.92 Å². The first-order valence-electron chi connectivity index (χ1n) is 5.26. The Labute approximate surface area is 113 Å². The highest BCUT2D eigenvalue weighted by Gasteiger charge is 2.03. The van der Waals surface area contributed by atoms with Crippen molar-refractivity contribution in [1.29, 1.82) is 0 Å². The lowest BCUT2D eigenvalue weighted by atomic mass is 10.4. The maximum atomic E-state index is 10.9. The van der Waals surface area contributed by atoms with E-state index in [9.17, 15) is 13.2 Å². The summed E-state index contributed by atoms with van der Waals surface area (Å²) in [6, 6.07) is 0. The monoisotopic (exact) mass is 299 g/mol. The Morgan fingerprint density at radius 3 is 2.05 bits per heavy atom. The van der Waals surface area contributed by atoms with Crippen LogP contribution < -0.4 is 6.15 Å². The minimum atomic E-state index is -3.97. The minimum absolute atomic E-state index is 0. The van der Waals surface area contributed by atoms with Crippen LogP contribution in [0.3, 0.4) is 0 Å². The molecule has 0 spiro atoms. The number of carbonyl (C=O) groups is 1. The van der Waals surface area contributed by atoms with Crippen molar-refractivity contribution in [3.63, 3.8) is 0 Å². The zero-order valence-electron chi connectivity index (χ0n) is 11.0. The molecule has 0 fully saturated rings. The predicted molar refractivity (Wildman–Crippen MR) is 68.8 cm³/mol. The summed E-state index contributed by atoms with van der Waals surface area (Å²) in [4.78, 5) is 10.9. The van der Waals surface area contributed by atoms with Crippen LogP contribution in [-0.2, 0) is 29.1 Å². The van der Waals surface area contributed by atoms with Gasteiger partial charge in [0, 0.05) is 5.57 Å². The maximum Gasteiger partial charge on any atom is 0.333 e. The number of hydrogen-bond acceptors (Lipinski definition) is 7. The number of ether oxygens (including phenoxy) is 3. The number of carbonyl (C=O) groups excluding carboxylic acids is 1. The largest absolute Gasteiger partial charge is 0.460 e. The van der Waals surface area contributed by atoms with Gasteiger partial charge in [0.05, 0.1) is 32.2 Å². The van der Waals surface area contributed by atoms with Gasteiger partial charge in [-0.05, 0) is 6.92 Å². The van der Waals surface area contributed by atoms with Crippen molar-refractivity contribution in [3.8, 4) is 0 Å². The van der Waals surface area contributed by atoms with Crippen LogP contribution in [0.1, 0.15) is 6.92 Å². The molecule has 0 aromatic rings. The van der Waals surface area contributed by atoms with Gasteiger partial charge in [0.15, 0.2) is 0 Å². The molecular formula is C10H21NO7S. The third kappa shape index (κ3) is 14.9. The molecule has 0 aliphatic rings. The van der Waals surface area contributed by atoms with Gasteiger partial charge in [0.25, 0.3) is 10.1 Å². The highest BCUT2D eigenvalue weighted by Crippen LogP contribution is 1.91. The van der Waals surface area contributed by atoms with Gasteiger partial charge in [-0.15, -0.1) is 0 Å². The summed E-state index contributed by atoms with van der Waals surface area (Å²) < 4.78 is 43.7. The van der Waals surface area contributed by atoms with Crippen molar-refractivity contribution in [3.05, 3.63) is 12.2 Å². The normalized spacial score (nSPS) is 10.6. The summed E-state index contributed by atoms with van der Waals surface area (Å²) in [5.41, 5.74) is 0.323. The summed E-state index contributed by atoms with van der Waals surface area (Å²) >= 11 is 0. The second-order valence-corrected chi connectivity index (χ2v) is 5.00. The third-order valence-corrected chi connectivity index (χ3v) is 2.35. The molecule has 114 valence electrons. The molecule has 0 aromatic carbocycles. The summed E-state index contributed by atoms with van der Waals surface area (Å²) in [5, 5.41) is 0. The van der Waals surface area contributed by atoms with Crippen LogP contribution in [0.25, 0.3) is 0 Å². The lowest BCUT2D eigenvalue weighted by Crippen LogP contribution is -2.15. The summed E-state index contributed by atoms with van der Waals surface area (Å²) in [5.74, 6) is -0.911. The molecule has 0 radical (unpaired) electrons. The van der Waals surface area contributed by atoms with Gasteiger partial charge in [-0.25, -0.2) is 4.79 Å². The number of rotatable bonds is 10. The van der Waals surface area contributed by atoms with Crippen LogP contribution in [0.15, 0.2) is 12.2 Å². The molecule has 0 aromatic heterocycles. The van der Waals surface area contributed by atoms with E-state index in [4.69, 9.17) is 18.8 Å². The van der Waals surface area contributed by atoms with E-state index in [1.54, 1.807) is 6.92 Å². The van der Waals surface area contributed by atoms with E-state index in [2.05, 4.69) is 6.58 Å². The molecule has 0 aliphatic heterocycles. The Kier molecular flexibility index (Phi) is 11.6. The fraction of sp³-hybridized carbons (Fsp3) is 0.700. The smallest absolute Gasteiger partial charge is 0.333 e. The van der Waals surface area contributed by atoms with E-state index in [0.717, 1.165) is 0 Å². The van der Waals surface area contributed by atoms with Gasteiger partial charge >= 0.3 is 5.97 Å². The fourth-order valence-corrected chi connectivity index (χ4v) is 1.13. The fourth-order valence-electron chi connectivity index (χ4n) is 0.803. The van der Waals surface area contributed by atoms with Gasteiger partial charge in [0.1, 0.15) is 6.61 Å². The van der Waals surface area contributed by atoms with Crippen LogP contribution in [0.5, 0.6) is 0 Å². The van der Waals surface area contributed by atoms with E-state index >= 15 is 0 Å². The molecule has 0 aliphatic carbocycles. The molecule has 0 bridgehead atoms. The van der Waals surface area contributed by atoms with Crippen molar-refractivity contribution < 1.29 is 32.0 Å². The average molecular weight is 299 g/mol. The first kappa shape index (κ1) is 20.3. The zero-order valence-corrected chi connectivity index (χ0v) is 11.8. The van der Waals surface area contributed by atoms with Crippen molar-refractivity contribution >= 4 is 16.1 Å². The molecule has 0 heterocycles. The summed E-state index contributed by atoms with van der Waals surface area (Å²) in [6.07, 6.45) is 0. The Balaban J connectivity index is 0. The van der Waals surface area contributed by atoms with Crippen LogP contribution in [0, 0.1) is 0 Å². The molecule has 0 unspecified atom stereocenters. The molecule has 8 nitrogen and oxygen atoms in total. The van der Waals surface area contributed by atoms with Gasteiger partial charge in [0.2, 0.25) is 0 Å². The second kappa shape index (κ2) is 10.9. The van der Waals surface area contributed by atoms with Crippen molar-refractivity contribution in [1.82, 2.24) is 6.15 Å². The molecular weight excluding hydrogens is 278 g/mol. The molecule has 4 N–H and O–H groups in total. The molecule has 0 saturated heterocycles. The molecule has 9 heteroatoms. The minimum Gasteiger partial charge on any atom is -0.460 e. The van der Waals surface area contributed by atoms with E-state index < -0.39 is 21.8 Å². The number of hydrogen-bond donors (Lipinski definition) is 2. The average Bonchev–Trinajstić information content (AvgIpc) is 2.24. The van der Waals surface area contributed by atoms with Crippen LogP contribution in [-0.4, -0.2) is 57.7 Å². The zero-order chi connectivity index (χ0) is 14.0. The van der Waals surface area contributed by atoms with E-state index in [1.807, 2.05) is 0 Å². The second-order valence-electron chi connectivity index (χ2n) is 3.43. The van der Waals surface area contributed by atoms with Crippen LogP contribution in [0.4, 0.5) is 0 Å². The topological polar surface area (TPSA) is 134 Å². The van der Waals surface area contributed by atoms with Gasteiger partial charge in [-0.2, -0.15) is 8.42 Å². The molecule has 0 saturated carbocycles. The molecule has 0 rings (SSSR count). The van der Waals surface area contributed by atoms with Gasteiger partial charge < -0.3 is 20.4 Å². The Hall–Kier alpha value is -1.00. The third-order valence-electron chi connectivity index (χ3n) is 1.67. The summed E-state index contributed by atoms with van der Waals surface area (Å²) in [6.45, 7) is 5.67. The molecule has 19 heavy (non-hydrogen) atoms. The van der Waals surface area contributed by atoms with E-state index in [0.29, 0.717) is 5.57 Å². The lowest BCUT2D eigenvalue weighted by Gasteiger charge is -2.06. The van der Waals surface area contributed by atoms with Crippen molar-refractivity contribution in [2.75, 3.05) is 38.8 Å². The maximum absolute atomic E-state index is 10.9. The SMILES string of the molecule is C=C(C)C(=O)OCCOCCOCCS(=O)(=O)O.N. The highest BCUT2D eigenvalue weighted by atomic mass is 32.2. The van der Waals surface area contributed by atoms with Crippen LogP contribution in [0.2, 0.25) is 0 Å².